The minimum atomic E-state index is -4.62. The first-order valence-electron chi connectivity index (χ1n) is 8.80. The lowest BCUT2D eigenvalue weighted by atomic mass is 10.1. The molecule has 12 heteroatoms. The largest absolute Gasteiger partial charge is 0.453 e. The van der Waals surface area contributed by atoms with Gasteiger partial charge in [0, 0.05) is 44.2 Å². The number of alkyl halides is 3. The molecule has 3 aromatic rings. The topological polar surface area (TPSA) is 88.5 Å². The maximum Gasteiger partial charge on any atom is 0.453 e. The van der Waals surface area contributed by atoms with Crippen LogP contribution in [0.4, 0.5) is 19.0 Å². The van der Waals surface area contributed by atoms with Crippen molar-refractivity contribution in [2.75, 3.05) is 31.1 Å². The number of piperazine rings is 1. The van der Waals surface area contributed by atoms with Gasteiger partial charge in [0.05, 0.1) is 6.54 Å². The molecule has 0 N–H and O–H groups in total. The molecule has 0 aliphatic carbocycles. The van der Waals surface area contributed by atoms with Gasteiger partial charge in [-0.15, -0.1) is 15.3 Å². The SMILES string of the molecule is Cc1nc(CN2CCN(c3nn4c(C(F)(F)F)nnc4c(C)c3C)CC2)no1. The number of aryl methyl sites for hydroxylation is 2. The second-order valence-electron chi connectivity index (χ2n) is 6.82. The molecule has 0 amide bonds. The van der Waals surface area contributed by atoms with Crippen LogP contribution < -0.4 is 4.90 Å². The summed E-state index contributed by atoms with van der Waals surface area (Å²) in [6, 6.07) is 0. The van der Waals surface area contributed by atoms with E-state index in [9.17, 15) is 13.2 Å². The number of nitrogens with zero attached hydrogens (tertiary/aromatic N) is 8. The third-order valence-corrected chi connectivity index (χ3v) is 4.93. The van der Waals surface area contributed by atoms with Crippen LogP contribution in [-0.4, -0.2) is 61.0 Å². The highest BCUT2D eigenvalue weighted by atomic mass is 19.4. The van der Waals surface area contributed by atoms with E-state index in [1.54, 1.807) is 13.8 Å². The predicted molar refractivity (Wildman–Crippen MR) is 91.8 cm³/mol. The molecule has 0 bridgehead atoms. The first kappa shape index (κ1) is 18.6. The molecular weight excluding hydrogens is 377 g/mol. The number of aromatic nitrogens is 6. The van der Waals surface area contributed by atoms with Crippen LogP contribution >= 0.6 is 0 Å². The van der Waals surface area contributed by atoms with E-state index >= 15 is 0 Å². The van der Waals surface area contributed by atoms with Crippen molar-refractivity contribution in [1.29, 1.82) is 0 Å². The molecule has 3 aromatic heterocycles. The number of fused-ring (bicyclic) bond motifs is 1. The van der Waals surface area contributed by atoms with Gasteiger partial charge in [-0.25, -0.2) is 0 Å². The lowest BCUT2D eigenvalue weighted by Gasteiger charge is -2.35. The molecule has 0 saturated carbocycles. The third-order valence-electron chi connectivity index (χ3n) is 4.93. The summed E-state index contributed by atoms with van der Waals surface area (Å²) in [5.41, 5.74) is 1.56. The van der Waals surface area contributed by atoms with Gasteiger partial charge in [-0.2, -0.15) is 22.7 Å². The van der Waals surface area contributed by atoms with Gasteiger partial charge in [0.2, 0.25) is 5.89 Å². The monoisotopic (exact) mass is 396 g/mol. The molecule has 9 nitrogen and oxygen atoms in total. The lowest BCUT2D eigenvalue weighted by Crippen LogP contribution is -2.46. The number of anilines is 1. The Morgan fingerprint density at radius 3 is 2.32 bits per heavy atom. The molecular formula is C16H19F3N8O. The molecule has 0 atom stereocenters. The molecule has 1 aliphatic heterocycles. The molecule has 0 aromatic carbocycles. The van der Waals surface area contributed by atoms with Crippen LogP contribution in [0.25, 0.3) is 5.65 Å². The Kier molecular flexibility index (Phi) is 4.44. The number of rotatable bonds is 3. The molecule has 0 radical (unpaired) electrons. The molecule has 4 rings (SSSR count). The van der Waals surface area contributed by atoms with Crippen molar-refractivity contribution in [3.8, 4) is 0 Å². The summed E-state index contributed by atoms with van der Waals surface area (Å²) in [6.45, 7) is 8.55. The Morgan fingerprint density at radius 2 is 1.71 bits per heavy atom. The van der Waals surface area contributed by atoms with E-state index in [-0.39, 0.29) is 5.65 Å². The van der Waals surface area contributed by atoms with Crippen LogP contribution in [0.1, 0.15) is 28.7 Å². The zero-order chi connectivity index (χ0) is 20.1. The van der Waals surface area contributed by atoms with E-state index in [1.165, 1.54) is 0 Å². The van der Waals surface area contributed by atoms with Gasteiger partial charge in [-0.3, -0.25) is 4.90 Å². The Bertz CT molecular complexity index is 1000. The van der Waals surface area contributed by atoms with Crippen molar-refractivity contribution in [3.63, 3.8) is 0 Å². The van der Waals surface area contributed by atoms with Crippen LogP contribution in [0.15, 0.2) is 4.52 Å². The maximum absolute atomic E-state index is 13.2. The molecule has 0 unspecified atom stereocenters. The highest BCUT2D eigenvalue weighted by Gasteiger charge is 2.38. The Labute approximate surface area is 158 Å². The average molecular weight is 396 g/mol. The maximum atomic E-state index is 13.2. The van der Waals surface area contributed by atoms with Gasteiger partial charge in [0.15, 0.2) is 17.3 Å². The standard InChI is InChI=1S/C16H19F3N8O/c1-9-10(2)14(23-27-13(9)21-22-15(27)16(17,18)19)26-6-4-25(5-7-26)8-12-20-11(3)28-24-12/h4-8H2,1-3H3. The van der Waals surface area contributed by atoms with Crippen molar-refractivity contribution < 1.29 is 17.7 Å². The van der Waals surface area contributed by atoms with Crippen LogP contribution in [-0.2, 0) is 12.7 Å². The number of hydrogen-bond acceptors (Lipinski definition) is 8. The second-order valence-corrected chi connectivity index (χ2v) is 6.82. The van der Waals surface area contributed by atoms with E-state index in [4.69, 9.17) is 4.52 Å². The lowest BCUT2D eigenvalue weighted by molar-refractivity contribution is -0.146. The third kappa shape index (κ3) is 3.28. The summed E-state index contributed by atoms with van der Waals surface area (Å²) < 4.78 is 45.4. The quantitative estimate of drug-likeness (QED) is 0.662. The molecule has 4 heterocycles. The fraction of sp³-hybridized carbons (Fsp3) is 0.562. The minimum absolute atomic E-state index is 0.125. The van der Waals surface area contributed by atoms with Gasteiger partial charge in [-0.1, -0.05) is 5.16 Å². The van der Waals surface area contributed by atoms with Gasteiger partial charge in [-0.05, 0) is 13.8 Å². The second kappa shape index (κ2) is 6.69. The highest BCUT2D eigenvalue weighted by Crippen LogP contribution is 2.30. The summed E-state index contributed by atoms with van der Waals surface area (Å²) in [4.78, 5) is 8.35. The van der Waals surface area contributed by atoms with Crippen molar-refractivity contribution in [1.82, 2.24) is 34.9 Å². The highest BCUT2D eigenvalue weighted by molar-refractivity contribution is 5.59. The summed E-state index contributed by atoms with van der Waals surface area (Å²) in [6.07, 6.45) is -4.62. The molecule has 1 aliphatic rings. The molecule has 1 fully saturated rings. The number of hydrogen-bond donors (Lipinski definition) is 0. The van der Waals surface area contributed by atoms with Crippen molar-refractivity contribution in [2.24, 2.45) is 0 Å². The minimum Gasteiger partial charge on any atom is -0.352 e. The van der Waals surface area contributed by atoms with Gasteiger partial charge >= 0.3 is 6.18 Å². The normalized spacial score (nSPS) is 16.3. The first-order valence-corrected chi connectivity index (χ1v) is 8.80. The zero-order valence-corrected chi connectivity index (χ0v) is 15.7. The van der Waals surface area contributed by atoms with E-state index in [0.29, 0.717) is 55.8 Å². The first-order chi connectivity index (χ1) is 13.2. The van der Waals surface area contributed by atoms with Crippen LogP contribution in [0, 0.1) is 20.8 Å². The number of halogens is 3. The smallest absolute Gasteiger partial charge is 0.352 e. The van der Waals surface area contributed by atoms with Crippen LogP contribution in [0.3, 0.4) is 0 Å². The van der Waals surface area contributed by atoms with E-state index < -0.39 is 12.0 Å². The van der Waals surface area contributed by atoms with E-state index in [1.807, 2.05) is 11.8 Å². The summed E-state index contributed by atoms with van der Waals surface area (Å²) in [5, 5.41) is 15.1. The zero-order valence-electron chi connectivity index (χ0n) is 15.7. The van der Waals surface area contributed by atoms with Crippen molar-refractivity contribution in [3.05, 3.63) is 28.7 Å². The molecule has 1 saturated heterocycles. The fourth-order valence-electron chi connectivity index (χ4n) is 3.31. The molecule has 28 heavy (non-hydrogen) atoms. The Balaban J connectivity index is 1.57. The summed E-state index contributed by atoms with van der Waals surface area (Å²) in [7, 11) is 0. The molecule has 150 valence electrons. The molecule has 0 spiro atoms. The Hall–Kier alpha value is -2.76. The van der Waals surface area contributed by atoms with Crippen LogP contribution in [0.2, 0.25) is 0 Å². The van der Waals surface area contributed by atoms with Crippen molar-refractivity contribution >= 4 is 11.5 Å². The van der Waals surface area contributed by atoms with Gasteiger partial charge < -0.3 is 9.42 Å². The van der Waals surface area contributed by atoms with Gasteiger partial charge in [0.1, 0.15) is 0 Å². The van der Waals surface area contributed by atoms with E-state index in [2.05, 4.69) is 30.3 Å². The van der Waals surface area contributed by atoms with Gasteiger partial charge in [0.25, 0.3) is 5.82 Å². The summed E-state index contributed by atoms with van der Waals surface area (Å²) in [5.74, 6) is 0.548. The van der Waals surface area contributed by atoms with Crippen LogP contribution in [0.5, 0.6) is 0 Å². The predicted octanol–water partition coefficient (Wildman–Crippen LogP) is 1.77. The Morgan fingerprint density at radius 1 is 1.00 bits per heavy atom. The van der Waals surface area contributed by atoms with E-state index in [0.717, 1.165) is 10.1 Å². The average Bonchev–Trinajstić information content (AvgIpc) is 3.25. The summed E-state index contributed by atoms with van der Waals surface area (Å²) >= 11 is 0. The fourth-order valence-corrected chi connectivity index (χ4v) is 3.31. The van der Waals surface area contributed by atoms with Crippen molar-refractivity contribution in [2.45, 2.75) is 33.5 Å².